The first-order valence-corrected chi connectivity index (χ1v) is 7.10. The summed E-state index contributed by atoms with van der Waals surface area (Å²) in [7, 11) is 3.40. The molecule has 0 aliphatic heterocycles. The van der Waals surface area contributed by atoms with Crippen molar-refractivity contribution in [1.82, 2.24) is 5.32 Å². The molecule has 20 heavy (non-hydrogen) atoms. The van der Waals surface area contributed by atoms with E-state index in [1.807, 2.05) is 26.0 Å². The molecule has 114 valence electrons. The van der Waals surface area contributed by atoms with E-state index in [0.717, 1.165) is 31.2 Å². The SMILES string of the molecule is COCC(C)CNCc1ccc(OC(C)C)c(OC)c1. The van der Waals surface area contributed by atoms with Crippen LogP contribution in [0, 0.1) is 5.92 Å². The summed E-state index contributed by atoms with van der Waals surface area (Å²) >= 11 is 0. The predicted octanol–water partition coefficient (Wildman–Crippen LogP) is 2.85. The molecule has 0 radical (unpaired) electrons. The Morgan fingerprint density at radius 1 is 1.10 bits per heavy atom. The van der Waals surface area contributed by atoms with Gasteiger partial charge in [-0.1, -0.05) is 13.0 Å². The molecule has 1 N–H and O–H groups in total. The normalized spacial score (nSPS) is 12.5. The van der Waals surface area contributed by atoms with Crippen molar-refractivity contribution in [2.24, 2.45) is 5.92 Å². The van der Waals surface area contributed by atoms with Crippen molar-refractivity contribution in [2.75, 3.05) is 27.4 Å². The minimum absolute atomic E-state index is 0.141. The third-order valence-corrected chi connectivity index (χ3v) is 2.86. The first-order valence-electron chi connectivity index (χ1n) is 7.10. The topological polar surface area (TPSA) is 39.7 Å². The molecule has 1 atom stereocenters. The van der Waals surface area contributed by atoms with Crippen LogP contribution in [0.15, 0.2) is 18.2 Å². The molecule has 1 rings (SSSR count). The fraction of sp³-hybridized carbons (Fsp3) is 0.625. The molecule has 0 saturated heterocycles. The lowest BCUT2D eigenvalue weighted by molar-refractivity contribution is 0.158. The van der Waals surface area contributed by atoms with Gasteiger partial charge in [0.15, 0.2) is 11.5 Å². The van der Waals surface area contributed by atoms with Crippen molar-refractivity contribution in [3.8, 4) is 11.5 Å². The Bertz CT molecular complexity index is 393. The van der Waals surface area contributed by atoms with Crippen LogP contribution in [0.25, 0.3) is 0 Å². The summed E-state index contributed by atoms with van der Waals surface area (Å²) in [5, 5.41) is 3.42. The van der Waals surface area contributed by atoms with E-state index in [1.54, 1.807) is 14.2 Å². The number of benzene rings is 1. The van der Waals surface area contributed by atoms with Gasteiger partial charge >= 0.3 is 0 Å². The van der Waals surface area contributed by atoms with Gasteiger partial charge in [-0.05, 0) is 37.5 Å². The zero-order valence-electron chi connectivity index (χ0n) is 13.2. The third-order valence-electron chi connectivity index (χ3n) is 2.86. The van der Waals surface area contributed by atoms with Gasteiger partial charge in [-0.15, -0.1) is 0 Å². The van der Waals surface area contributed by atoms with Gasteiger partial charge in [0.25, 0.3) is 0 Å². The molecule has 0 heterocycles. The molecule has 4 heteroatoms. The summed E-state index contributed by atoms with van der Waals surface area (Å²) in [6.45, 7) is 8.69. The molecule has 0 spiro atoms. The van der Waals surface area contributed by atoms with Crippen LogP contribution in [-0.2, 0) is 11.3 Å². The lowest BCUT2D eigenvalue weighted by Crippen LogP contribution is -2.23. The maximum Gasteiger partial charge on any atom is 0.161 e. The molecule has 1 aromatic carbocycles. The number of ether oxygens (including phenoxy) is 3. The van der Waals surface area contributed by atoms with Crippen molar-refractivity contribution in [2.45, 2.75) is 33.4 Å². The lowest BCUT2D eigenvalue weighted by atomic mass is 10.1. The average Bonchev–Trinajstić information content (AvgIpc) is 2.40. The van der Waals surface area contributed by atoms with E-state index in [9.17, 15) is 0 Å². The average molecular weight is 281 g/mol. The Balaban J connectivity index is 2.55. The van der Waals surface area contributed by atoms with Crippen LogP contribution >= 0.6 is 0 Å². The second-order valence-corrected chi connectivity index (χ2v) is 5.34. The number of rotatable bonds is 9. The van der Waals surface area contributed by atoms with Gasteiger partial charge in [-0.25, -0.2) is 0 Å². The Morgan fingerprint density at radius 2 is 1.85 bits per heavy atom. The molecule has 0 aliphatic carbocycles. The fourth-order valence-electron chi connectivity index (χ4n) is 1.98. The van der Waals surface area contributed by atoms with Gasteiger partial charge in [-0.2, -0.15) is 0 Å². The minimum Gasteiger partial charge on any atom is -0.493 e. The molecule has 0 fully saturated rings. The van der Waals surface area contributed by atoms with E-state index in [-0.39, 0.29) is 6.10 Å². The maximum atomic E-state index is 5.70. The van der Waals surface area contributed by atoms with Gasteiger partial charge in [0.2, 0.25) is 0 Å². The summed E-state index contributed by atoms with van der Waals surface area (Å²) in [5.74, 6) is 2.08. The summed E-state index contributed by atoms with van der Waals surface area (Å²) in [6.07, 6.45) is 0.141. The summed E-state index contributed by atoms with van der Waals surface area (Å²) in [6, 6.07) is 6.05. The molecule has 0 saturated carbocycles. The number of nitrogens with one attached hydrogen (secondary N) is 1. The summed E-state index contributed by atoms with van der Waals surface area (Å²) in [4.78, 5) is 0. The largest absolute Gasteiger partial charge is 0.493 e. The van der Waals surface area contributed by atoms with Crippen molar-refractivity contribution in [1.29, 1.82) is 0 Å². The Morgan fingerprint density at radius 3 is 2.45 bits per heavy atom. The number of methoxy groups -OCH3 is 2. The monoisotopic (exact) mass is 281 g/mol. The molecule has 0 aliphatic rings. The second kappa shape index (κ2) is 8.82. The van der Waals surface area contributed by atoms with E-state index in [1.165, 1.54) is 5.56 Å². The van der Waals surface area contributed by atoms with Crippen molar-refractivity contribution in [3.05, 3.63) is 23.8 Å². The highest BCUT2D eigenvalue weighted by molar-refractivity contribution is 5.43. The number of hydrogen-bond donors (Lipinski definition) is 1. The summed E-state index contributed by atoms with van der Waals surface area (Å²) < 4.78 is 16.2. The van der Waals surface area contributed by atoms with Crippen molar-refractivity contribution >= 4 is 0 Å². The van der Waals surface area contributed by atoms with Crippen molar-refractivity contribution < 1.29 is 14.2 Å². The molecule has 1 unspecified atom stereocenters. The first kappa shape index (κ1) is 16.8. The minimum atomic E-state index is 0.141. The molecular weight excluding hydrogens is 254 g/mol. The van der Waals surface area contributed by atoms with E-state index in [2.05, 4.69) is 18.3 Å². The molecule has 0 aromatic heterocycles. The quantitative estimate of drug-likeness (QED) is 0.755. The van der Waals surface area contributed by atoms with Gasteiger partial charge in [0.05, 0.1) is 13.2 Å². The number of hydrogen-bond acceptors (Lipinski definition) is 4. The molecular formula is C16H27NO3. The lowest BCUT2D eigenvalue weighted by Gasteiger charge is -2.15. The highest BCUT2D eigenvalue weighted by atomic mass is 16.5. The van der Waals surface area contributed by atoms with Crippen molar-refractivity contribution in [3.63, 3.8) is 0 Å². The zero-order chi connectivity index (χ0) is 15.0. The maximum absolute atomic E-state index is 5.70. The Hall–Kier alpha value is -1.26. The molecule has 1 aromatic rings. The molecule has 4 nitrogen and oxygen atoms in total. The standard InChI is InChI=1S/C16H27NO3/c1-12(2)20-15-7-6-14(8-16(15)19-5)10-17-9-13(3)11-18-4/h6-8,12-13,17H,9-11H2,1-5H3. The van der Waals surface area contributed by atoms with E-state index in [0.29, 0.717) is 5.92 Å². The first-order chi connectivity index (χ1) is 9.56. The highest BCUT2D eigenvalue weighted by Gasteiger charge is 2.08. The van der Waals surface area contributed by atoms with Crippen LogP contribution in [-0.4, -0.2) is 33.5 Å². The van der Waals surface area contributed by atoms with Crippen LogP contribution in [0.4, 0.5) is 0 Å². The van der Waals surface area contributed by atoms with Gasteiger partial charge in [0.1, 0.15) is 0 Å². The molecule has 0 bridgehead atoms. The van der Waals surface area contributed by atoms with Crippen LogP contribution in [0.3, 0.4) is 0 Å². The molecule has 0 amide bonds. The fourth-order valence-corrected chi connectivity index (χ4v) is 1.98. The second-order valence-electron chi connectivity index (χ2n) is 5.34. The van der Waals surface area contributed by atoms with E-state index in [4.69, 9.17) is 14.2 Å². The van der Waals surface area contributed by atoms with Crippen LogP contribution < -0.4 is 14.8 Å². The predicted molar refractivity (Wildman–Crippen MR) is 81.5 cm³/mol. The third kappa shape index (κ3) is 5.80. The smallest absolute Gasteiger partial charge is 0.161 e. The highest BCUT2D eigenvalue weighted by Crippen LogP contribution is 2.28. The van der Waals surface area contributed by atoms with E-state index < -0.39 is 0 Å². The van der Waals surface area contributed by atoms with Gasteiger partial charge in [0, 0.05) is 26.8 Å². The Kier molecular flexibility index (Phi) is 7.41. The van der Waals surface area contributed by atoms with Crippen LogP contribution in [0.5, 0.6) is 11.5 Å². The van der Waals surface area contributed by atoms with Crippen LogP contribution in [0.1, 0.15) is 26.3 Å². The Labute approximate surface area is 122 Å². The van der Waals surface area contributed by atoms with Gasteiger partial charge < -0.3 is 19.5 Å². The zero-order valence-corrected chi connectivity index (χ0v) is 13.2. The van der Waals surface area contributed by atoms with Gasteiger partial charge in [-0.3, -0.25) is 0 Å². The summed E-state index contributed by atoms with van der Waals surface area (Å²) in [5.41, 5.74) is 1.18. The van der Waals surface area contributed by atoms with Crippen LogP contribution in [0.2, 0.25) is 0 Å². The van der Waals surface area contributed by atoms with E-state index >= 15 is 0 Å².